The Bertz CT molecular complexity index is 1290. The number of hydrogen-bond donors (Lipinski definition) is 1. The van der Waals surface area contributed by atoms with Gasteiger partial charge < -0.3 is 15.1 Å². The number of fused-ring (bicyclic) bond motifs is 2. The van der Waals surface area contributed by atoms with Gasteiger partial charge in [0.25, 0.3) is 0 Å². The lowest BCUT2D eigenvalue weighted by molar-refractivity contribution is 0.270. The Labute approximate surface area is 212 Å². The van der Waals surface area contributed by atoms with Crippen molar-refractivity contribution in [3.63, 3.8) is 0 Å². The van der Waals surface area contributed by atoms with Gasteiger partial charge in [-0.2, -0.15) is 0 Å². The molecule has 1 N–H and O–H groups in total. The molecule has 1 aliphatic rings. The highest BCUT2D eigenvalue weighted by molar-refractivity contribution is 6.31. The number of hydrogen-bond acceptors (Lipinski definition) is 6. The Morgan fingerprint density at radius 1 is 0.886 bits per heavy atom. The van der Waals surface area contributed by atoms with E-state index in [9.17, 15) is 0 Å². The number of rotatable bonds is 9. The lowest BCUT2D eigenvalue weighted by atomic mass is 10.1. The van der Waals surface area contributed by atoms with E-state index in [1.807, 2.05) is 30.5 Å². The van der Waals surface area contributed by atoms with E-state index in [0.717, 1.165) is 93.0 Å². The largest absolute Gasteiger partial charge is 0.384 e. The smallest absolute Gasteiger partial charge is 0.226 e. The second-order valence-corrected chi connectivity index (χ2v) is 9.60. The first-order chi connectivity index (χ1) is 17.2. The first-order valence-corrected chi connectivity index (χ1v) is 13.1. The van der Waals surface area contributed by atoms with Crippen LogP contribution in [0.5, 0.6) is 0 Å². The number of likely N-dealkylation sites (N-methyl/N-ethyl adjacent to an activating group) is 1. The molecule has 6 nitrogen and oxygen atoms in total. The van der Waals surface area contributed by atoms with Gasteiger partial charge in [0.05, 0.1) is 16.7 Å². The number of pyridine rings is 1. The van der Waals surface area contributed by atoms with Gasteiger partial charge in [-0.15, -0.1) is 0 Å². The van der Waals surface area contributed by atoms with Crippen LogP contribution in [0.3, 0.4) is 0 Å². The summed E-state index contributed by atoms with van der Waals surface area (Å²) in [7, 11) is 0. The van der Waals surface area contributed by atoms with Gasteiger partial charge in [0.15, 0.2) is 0 Å². The van der Waals surface area contributed by atoms with Crippen LogP contribution in [0, 0.1) is 0 Å². The number of aromatic nitrogens is 3. The molecule has 5 rings (SSSR count). The number of anilines is 2. The molecule has 4 aromatic rings. The SMILES string of the molecule is CCN1CCN(c2nc(CCCCCNc3ccnc4cc(Cl)ccc34)c3ccccc3n2)CC1. The van der Waals surface area contributed by atoms with Gasteiger partial charge in [0.1, 0.15) is 0 Å². The van der Waals surface area contributed by atoms with Crippen LogP contribution in [-0.4, -0.2) is 59.1 Å². The Kier molecular flexibility index (Phi) is 7.60. The van der Waals surface area contributed by atoms with E-state index in [4.69, 9.17) is 21.6 Å². The van der Waals surface area contributed by atoms with E-state index in [1.54, 1.807) is 0 Å². The minimum atomic E-state index is 0.714. The van der Waals surface area contributed by atoms with Gasteiger partial charge in [-0.05, 0) is 56.1 Å². The van der Waals surface area contributed by atoms with Gasteiger partial charge in [0.2, 0.25) is 5.95 Å². The molecule has 1 aliphatic heterocycles. The maximum absolute atomic E-state index is 6.11. The number of para-hydroxylation sites is 1. The van der Waals surface area contributed by atoms with Crippen LogP contribution >= 0.6 is 11.6 Å². The Hall–Kier alpha value is -2.96. The van der Waals surface area contributed by atoms with Crippen LogP contribution in [0.1, 0.15) is 31.9 Å². The van der Waals surface area contributed by atoms with Crippen molar-refractivity contribution in [2.45, 2.75) is 32.6 Å². The van der Waals surface area contributed by atoms with E-state index in [2.05, 4.69) is 51.3 Å². The van der Waals surface area contributed by atoms with Gasteiger partial charge in [0, 0.05) is 60.4 Å². The number of benzene rings is 2. The van der Waals surface area contributed by atoms with Crippen molar-refractivity contribution in [3.8, 4) is 0 Å². The third-order valence-electron chi connectivity index (χ3n) is 6.88. The molecule has 7 heteroatoms. The summed E-state index contributed by atoms with van der Waals surface area (Å²) in [5, 5.41) is 6.58. The molecule has 0 saturated carbocycles. The van der Waals surface area contributed by atoms with Crippen LogP contribution in [0.4, 0.5) is 11.6 Å². The van der Waals surface area contributed by atoms with Crippen molar-refractivity contribution < 1.29 is 0 Å². The molecule has 0 radical (unpaired) electrons. The zero-order chi connectivity index (χ0) is 24.0. The van der Waals surface area contributed by atoms with E-state index >= 15 is 0 Å². The standard InChI is InChI=1S/C28H33ClN6/c1-2-34-16-18-35(19-17-34)28-32-25(22-8-5-6-10-26(22)33-28)9-4-3-7-14-30-24-13-15-31-27-20-21(29)11-12-23(24)27/h5-6,8,10-13,15,20H,2-4,7,9,14,16-19H2,1H3,(H,30,31). The fourth-order valence-electron chi connectivity index (χ4n) is 4.82. The van der Waals surface area contributed by atoms with Crippen molar-refractivity contribution in [2.75, 3.05) is 49.5 Å². The highest BCUT2D eigenvalue weighted by atomic mass is 35.5. The molecule has 0 amide bonds. The molecule has 35 heavy (non-hydrogen) atoms. The summed E-state index contributed by atoms with van der Waals surface area (Å²) in [6, 6.07) is 16.3. The number of nitrogens with zero attached hydrogens (tertiary/aromatic N) is 5. The predicted molar refractivity (Wildman–Crippen MR) is 147 cm³/mol. The molecule has 0 spiro atoms. The molecule has 3 heterocycles. The zero-order valence-electron chi connectivity index (χ0n) is 20.4. The van der Waals surface area contributed by atoms with E-state index < -0.39 is 0 Å². The summed E-state index contributed by atoms with van der Waals surface area (Å²) in [5.74, 6) is 0.890. The molecule has 0 aliphatic carbocycles. The monoisotopic (exact) mass is 488 g/mol. The Morgan fingerprint density at radius 3 is 2.60 bits per heavy atom. The Morgan fingerprint density at radius 2 is 1.74 bits per heavy atom. The number of halogens is 1. The molecule has 0 atom stereocenters. The van der Waals surface area contributed by atoms with Gasteiger partial charge in [-0.1, -0.05) is 43.1 Å². The number of aryl methyl sites for hydroxylation is 1. The fraction of sp³-hybridized carbons (Fsp3) is 0.393. The number of nitrogens with one attached hydrogen (secondary N) is 1. The highest BCUT2D eigenvalue weighted by Crippen LogP contribution is 2.25. The van der Waals surface area contributed by atoms with Crippen LogP contribution in [-0.2, 0) is 6.42 Å². The maximum atomic E-state index is 6.11. The molecule has 1 saturated heterocycles. The minimum absolute atomic E-state index is 0.714. The van der Waals surface area contributed by atoms with Crippen molar-refractivity contribution in [2.24, 2.45) is 0 Å². The second kappa shape index (κ2) is 11.2. The number of unbranched alkanes of at least 4 members (excludes halogenated alkanes) is 2. The van der Waals surface area contributed by atoms with Crippen molar-refractivity contribution in [3.05, 3.63) is 65.4 Å². The fourth-order valence-corrected chi connectivity index (χ4v) is 4.98. The quantitative estimate of drug-likeness (QED) is 0.300. The molecule has 0 unspecified atom stereocenters. The lowest BCUT2D eigenvalue weighted by Crippen LogP contribution is -2.46. The Balaban J connectivity index is 1.18. The molecule has 182 valence electrons. The second-order valence-electron chi connectivity index (χ2n) is 9.17. The van der Waals surface area contributed by atoms with Crippen LogP contribution in [0.25, 0.3) is 21.8 Å². The normalized spacial score (nSPS) is 14.6. The molecule has 2 aromatic heterocycles. The van der Waals surface area contributed by atoms with Crippen LogP contribution < -0.4 is 10.2 Å². The van der Waals surface area contributed by atoms with E-state index in [-0.39, 0.29) is 0 Å². The summed E-state index contributed by atoms with van der Waals surface area (Å²) in [6.07, 6.45) is 6.16. The van der Waals surface area contributed by atoms with E-state index in [1.165, 1.54) is 11.1 Å². The summed E-state index contributed by atoms with van der Waals surface area (Å²) >= 11 is 6.11. The average molecular weight is 489 g/mol. The first-order valence-electron chi connectivity index (χ1n) is 12.7. The first kappa shape index (κ1) is 23.8. The third-order valence-corrected chi connectivity index (χ3v) is 7.12. The molecule has 1 fully saturated rings. The predicted octanol–water partition coefficient (Wildman–Crippen LogP) is 5.80. The highest BCUT2D eigenvalue weighted by Gasteiger charge is 2.19. The van der Waals surface area contributed by atoms with Crippen molar-refractivity contribution in [1.82, 2.24) is 19.9 Å². The molecule has 2 aromatic carbocycles. The van der Waals surface area contributed by atoms with Crippen molar-refractivity contribution in [1.29, 1.82) is 0 Å². The molecular weight excluding hydrogens is 456 g/mol. The zero-order valence-corrected chi connectivity index (χ0v) is 21.1. The van der Waals surface area contributed by atoms with E-state index in [0.29, 0.717) is 5.02 Å². The third kappa shape index (κ3) is 5.65. The minimum Gasteiger partial charge on any atom is -0.384 e. The van der Waals surface area contributed by atoms with Gasteiger partial charge in [-0.3, -0.25) is 4.98 Å². The average Bonchev–Trinajstić information content (AvgIpc) is 2.90. The summed E-state index contributed by atoms with van der Waals surface area (Å²) in [4.78, 5) is 19.2. The van der Waals surface area contributed by atoms with Gasteiger partial charge in [-0.25, -0.2) is 9.97 Å². The summed E-state index contributed by atoms with van der Waals surface area (Å²) in [6.45, 7) is 8.41. The molecule has 0 bridgehead atoms. The van der Waals surface area contributed by atoms with Gasteiger partial charge >= 0.3 is 0 Å². The van der Waals surface area contributed by atoms with Crippen LogP contribution in [0.2, 0.25) is 5.02 Å². The summed E-state index contributed by atoms with van der Waals surface area (Å²) in [5.41, 5.74) is 4.26. The maximum Gasteiger partial charge on any atom is 0.226 e. The lowest BCUT2D eigenvalue weighted by Gasteiger charge is -2.34. The molecular formula is C28H33ClN6. The topological polar surface area (TPSA) is 57.2 Å². The summed E-state index contributed by atoms with van der Waals surface area (Å²) < 4.78 is 0. The number of piperazine rings is 1. The van der Waals surface area contributed by atoms with Crippen LogP contribution in [0.15, 0.2) is 54.7 Å². The van der Waals surface area contributed by atoms with Crippen molar-refractivity contribution >= 4 is 45.0 Å².